The highest BCUT2D eigenvalue weighted by Crippen LogP contribution is 2.28. The fourth-order valence-corrected chi connectivity index (χ4v) is 1.53. The number of halogens is 1. The molecule has 1 atom stereocenters. The van der Waals surface area contributed by atoms with Crippen molar-refractivity contribution in [2.75, 3.05) is 5.73 Å². The van der Waals surface area contributed by atoms with Crippen LogP contribution in [0.25, 0.3) is 0 Å². The van der Waals surface area contributed by atoms with E-state index in [1.165, 1.54) is 0 Å². The third-order valence-electron chi connectivity index (χ3n) is 2.15. The van der Waals surface area contributed by atoms with E-state index in [0.29, 0.717) is 16.5 Å². The van der Waals surface area contributed by atoms with Crippen molar-refractivity contribution in [3.05, 3.63) is 16.9 Å². The third-order valence-corrected chi connectivity index (χ3v) is 2.55. The first-order valence-electron chi connectivity index (χ1n) is 4.18. The Morgan fingerprint density at radius 3 is 2.85 bits per heavy atom. The summed E-state index contributed by atoms with van der Waals surface area (Å²) in [6.07, 6.45) is 0.919. The molecule has 1 heterocycles. The Kier molecular flexibility index (Phi) is 2.84. The molecule has 0 aliphatic carbocycles. The van der Waals surface area contributed by atoms with Gasteiger partial charge in [0.05, 0.1) is 5.69 Å². The average Bonchev–Trinajstić information content (AvgIpc) is 2.42. The van der Waals surface area contributed by atoms with Gasteiger partial charge in [-0.2, -0.15) is 5.26 Å². The monoisotopic (exact) mass is 197 g/mol. The smallest absolute Gasteiger partial charge is 0.133 e. The Morgan fingerprint density at radius 1 is 1.77 bits per heavy atom. The lowest BCUT2D eigenvalue weighted by Gasteiger charge is -2.13. The summed E-state index contributed by atoms with van der Waals surface area (Å²) in [7, 11) is 0. The van der Waals surface area contributed by atoms with Gasteiger partial charge in [-0.15, -0.1) is 0 Å². The van der Waals surface area contributed by atoms with Crippen LogP contribution in [0.2, 0.25) is 5.15 Å². The molecule has 0 fully saturated rings. The summed E-state index contributed by atoms with van der Waals surface area (Å²) in [4.78, 5) is 0. The van der Waals surface area contributed by atoms with Crippen molar-refractivity contribution in [1.82, 2.24) is 4.57 Å². The summed E-state index contributed by atoms with van der Waals surface area (Å²) in [5, 5.41) is 9.28. The molecule has 1 aromatic heterocycles. The van der Waals surface area contributed by atoms with Crippen LogP contribution in [0.5, 0.6) is 0 Å². The van der Waals surface area contributed by atoms with Gasteiger partial charge in [-0.05, 0) is 19.4 Å². The van der Waals surface area contributed by atoms with Crippen molar-refractivity contribution in [3.8, 4) is 6.07 Å². The summed E-state index contributed by atoms with van der Waals surface area (Å²) < 4.78 is 1.76. The second kappa shape index (κ2) is 3.71. The molecular weight excluding hydrogens is 186 g/mol. The molecule has 13 heavy (non-hydrogen) atoms. The first-order chi connectivity index (χ1) is 6.11. The number of aromatic nitrogens is 1. The molecule has 1 rings (SSSR count). The van der Waals surface area contributed by atoms with Gasteiger partial charge in [0.2, 0.25) is 0 Å². The third kappa shape index (κ3) is 1.63. The number of nitriles is 1. The summed E-state index contributed by atoms with van der Waals surface area (Å²) in [6, 6.07) is 3.88. The van der Waals surface area contributed by atoms with Crippen molar-refractivity contribution in [1.29, 1.82) is 5.26 Å². The molecule has 70 valence electrons. The lowest BCUT2D eigenvalue weighted by molar-refractivity contribution is 0.530. The molecule has 1 unspecified atom stereocenters. The van der Waals surface area contributed by atoms with E-state index < -0.39 is 0 Å². The Labute approximate surface area is 82.7 Å². The van der Waals surface area contributed by atoms with E-state index >= 15 is 0 Å². The number of nitrogens with zero attached hydrogens (tertiary/aromatic N) is 2. The maximum absolute atomic E-state index is 8.82. The predicted molar refractivity (Wildman–Crippen MR) is 53.6 cm³/mol. The Bertz CT molecular complexity index is 348. The summed E-state index contributed by atoms with van der Waals surface area (Å²) >= 11 is 5.95. The average molecular weight is 198 g/mol. The van der Waals surface area contributed by atoms with Crippen LogP contribution in [-0.2, 0) is 0 Å². The Hall–Kier alpha value is -1.14. The van der Waals surface area contributed by atoms with Gasteiger partial charge in [0.1, 0.15) is 16.9 Å². The van der Waals surface area contributed by atoms with Gasteiger partial charge >= 0.3 is 0 Å². The van der Waals surface area contributed by atoms with Crippen LogP contribution in [-0.4, -0.2) is 4.57 Å². The molecule has 0 aliphatic rings. The van der Waals surface area contributed by atoms with Gasteiger partial charge in [0.25, 0.3) is 0 Å². The maximum Gasteiger partial charge on any atom is 0.133 e. The summed E-state index contributed by atoms with van der Waals surface area (Å²) in [5.41, 5.74) is 6.60. The molecule has 0 spiro atoms. The van der Waals surface area contributed by atoms with E-state index in [2.05, 4.69) is 6.07 Å². The van der Waals surface area contributed by atoms with E-state index in [4.69, 9.17) is 22.6 Å². The normalized spacial score (nSPS) is 12.5. The molecule has 0 radical (unpaired) electrons. The largest absolute Gasteiger partial charge is 0.396 e. The first-order valence-corrected chi connectivity index (χ1v) is 4.55. The predicted octanol–water partition coefficient (Wildman–Crippen LogP) is 2.57. The van der Waals surface area contributed by atoms with Crippen LogP contribution in [0, 0.1) is 11.3 Å². The molecule has 0 amide bonds. The zero-order valence-corrected chi connectivity index (χ0v) is 8.47. The van der Waals surface area contributed by atoms with Crippen molar-refractivity contribution in [2.24, 2.45) is 0 Å². The summed E-state index contributed by atoms with van der Waals surface area (Å²) in [6.45, 7) is 4.05. The van der Waals surface area contributed by atoms with Gasteiger partial charge < -0.3 is 10.3 Å². The zero-order valence-electron chi connectivity index (χ0n) is 7.71. The molecule has 3 nitrogen and oxygen atoms in total. The van der Waals surface area contributed by atoms with E-state index in [1.54, 1.807) is 10.6 Å². The zero-order chi connectivity index (χ0) is 10.0. The fourth-order valence-electron chi connectivity index (χ4n) is 1.22. The van der Waals surface area contributed by atoms with E-state index in [9.17, 15) is 0 Å². The van der Waals surface area contributed by atoms with E-state index in [0.717, 1.165) is 6.42 Å². The summed E-state index contributed by atoms with van der Waals surface area (Å²) in [5.74, 6) is 0. The van der Waals surface area contributed by atoms with Crippen LogP contribution in [0.3, 0.4) is 0 Å². The van der Waals surface area contributed by atoms with Gasteiger partial charge in [-0.25, -0.2) is 0 Å². The molecule has 0 aliphatic heterocycles. The highest BCUT2D eigenvalue weighted by atomic mass is 35.5. The molecule has 0 aromatic carbocycles. The van der Waals surface area contributed by atoms with Gasteiger partial charge in [0, 0.05) is 6.04 Å². The number of nitrogen functional groups attached to an aromatic ring is 1. The lowest BCUT2D eigenvalue weighted by Crippen LogP contribution is -2.06. The van der Waals surface area contributed by atoms with Crippen LogP contribution < -0.4 is 5.73 Å². The Morgan fingerprint density at radius 2 is 2.38 bits per heavy atom. The van der Waals surface area contributed by atoms with Crippen molar-refractivity contribution in [3.63, 3.8) is 0 Å². The minimum Gasteiger partial charge on any atom is -0.396 e. The van der Waals surface area contributed by atoms with Crippen LogP contribution >= 0.6 is 11.6 Å². The van der Waals surface area contributed by atoms with Gasteiger partial charge in [0.15, 0.2) is 0 Å². The number of hydrogen-bond acceptors (Lipinski definition) is 2. The quantitative estimate of drug-likeness (QED) is 0.792. The maximum atomic E-state index is 8.82. The molecule has 2 N–H and O–H groups in total. The van der Waals surface area contributed by atoms with Crippen molar-refractivity contribution >= 4 is 17.3 Å². The highest BCUT2D eigenvalue weighted by molar-refractivity contribution is 6.32. The minimum atomic E-state index is 0.208. The highest BCUT2D eigenvalue weighted by Gasteiger charge is 2.14. The molecule has 0 saturated carbocycles. The van der Waals surface area contributed by atoms with Crippen LogP contribution in [0.1, 0.15) is 32.0 Å². The topological polar surface area (TPSA) is 54.7 Å². The van der Waals surface area contributed by atoms with Gasteiger partial charge in [-0.3, -0.25) is 0 Å². The standard InChI is InChI=1S/C9H12ClN3/c1-3-6(2)13-7(5-11)4-8(12)9(13)10/h4,6H,3,12H2,1-2H3. The minimum absolute atomic E-state index is 0.208. The van der Waals surface area contributed by atoms with Crippen LogP contribution in [0.4, 0.5) is 5.69 Å². The van der Waals surface area contributed by atoms with Crippen molar-refractivity contribution < 1.29 is 0 Å². The van der Waals surface area contributed by atoms with Gasteiger partial charge in [-0.1, -0.05) is 18.5 Å². The lowest BCUT2D eigenvalue weighted by atomic mass is 10.2. The second-order valence-corrected chi connectivity index (χ2v) is 3.37. The van der Waals surface area contributed by atoms with Crippen molar-refractivity contribution in [2.45, 2.75) is 26.3 Å². The van der Waals surface area contributed by atoms with Crippen LogP contribution in [0.15, 0.2) is 6.07 Å². The Balaban J connectivity index is 3.25. The van der Waals surface area contributed by atoms with E-state index in [1.807, 2.05) is 13.8 Å². The number of rotatable bonds is 2. The number of anilines is 1. The molecule has 0 saturated heterocycles. The van der Waals surface area contributed by atoms with E-state index in [-0.39, 0.29) is 6.04 Å². The number of nitrogens with two attached hydrogens (primary N) is 1. The molecule has 0 bridgehead atoms. The molecular formula is C9H12ClN3. The first kappa shape index (κ1) is 9.94. The molecule has 1 aromatic rings. The number of hydrogen-bond donors (Lipinski definition) is 1. The SMILES string of the molecule is CCC(C)n1c(C#N)cc(N)c1Cl. The second-order valence-electron chi connectivity index (χ2n) is 3.01. The fraction of sp³-hybridized carbons (Fsp3) is 0.444. The molecule has 4 heteroatoms.